The molecule has 1 N–H and O–H groups in total. The van der Waals surface area contributed by atoms with E-state index in [2.05, 4.69) is 10.3 Å². The van der Waals surface area contributed by atoms with Crippen LogP contribution in [0.5, 0.6) is 0 Å². The van der Waals surface area contributed by atoms with Crippen molar-refractivity contribution in [3.8, 4) is 0 Å². The number of halogens is 1. The smallest absolute Gasteiger partial charge is 0.412 e. The van der Waals surface area contributed by atoms with Gasteiger partial charge in [-0.1, -0.05) is 13.3 Å². The minimum atomic E-state index is -1.30. The Hall–Kier alpha value is -3.02. The van der Waals surface area contributed by atoms with E-state index in [0.29, 0.717) is 6.42 Å². The van der Waals surface area contributed by atoms with E-state index in [1.807, 2.05) is 6.92 Å². The number of amides is 1. The lowest BCUT2D eigenvalue weighted by Crippen LogP contribution is -2.40. The quantitative estimate of drug-likeness (QED) is 0.389. The van der Waals surface area contributed by atoms with Crippen molar-refractivity contribution >= 4 is 23.8 Å². The zero-order valence-electron chi connectivity index (χ0n) is 17.0. The molecule has 2 heterocycles. The first-order valence-corrected chi connectivity index (χ1v) is 9.36. The maximum Gasteiger partial charge on any atom is 0.412 e. The summed E-state index contributed by atoms with van der Waals surface area (Å²) in [5.41, 5.74) is -0.988. The fourth-order valence-corrected chi connectivity index (χ4v) is 2.86. The van der Waals surface area contributed by atoms with Crippen LogP contribution in [0.25, 0.3) is 0 Å². The Kier molecular flexibility index (Phi) is 7.86. The number of ether oxygens (including phenoxy) is 4. The van der Waals surface area contributed by atoms with Crippen LogP contribution in [0.4, 0.5) is 15.0 Å². The summed E-state index contributed by atoms with van der Waals surface area (Å²) in [5.74, 6) is -3.03. The van der Waals surface area contributed by atoms with Crippen molar-refractivity contribution < 1.29 is 37.7 Å². The molecule has 166 valence electrons. The first-order chi connectivity index (χ1) is 14.1. The van der Waals surface area contributed by atoms with Crippen LogP contribution in [-0.4, -0.2) is 52.5 Å². The predicted octanol–water partition coefficient (Wildman–Crippen LogP) is 1.51. The Bertz CT molecular complexity index is 858. The third-order valence-electron chi connectivity index (χ3n) is 4.16. The minimum absolute atomic E-state index is 0.135. The largest absolute Gasteiger partial charge is 0.456 e. The zero-order valence-corrected chi connectivity index (χ0v) is 17.0. The predicted molar refractivity (Wildman–Crippen MR) is 99.0 cm³/mol. The Labute approximate surface area is 171 Å². The summed E-state index contributed by atoms with van der Waals surface area (Å²) < 4.78 is 36.0. The van der Waals surface area contributed by atoms with Crippen LogP contribution in [0.1, 0.15) is 46.8 Å². The minimum Gasteiger partial charge on any atom is -0.456 e. The fraction of sp³-hybridized carbons (Fsp3) is 0.611. The van der Waals surface area contributed by atoms with Crippen molar-refractivity contribution in [3.05, 3.63) is 22.5 Å². The van der Waals surface area contributed by atoms with Gasteiger partial charge in [-0.15, -0.1) is 0 Å². The number of nitrogens with zero attached hydrogens (tertiary/aromatic N) is 2. The van der Waals surface area contributed by atoms with Gasteiger partial charge in [0, 0.05) is 13.8 Å². The molecule has 1 fully saturated rings. The standard InChI is InChI=1S/C18H24FN3O8/c1-5-6-7-27-18(26)21-15-12(19)8-22(17(25)20-15)16-14(30-11(4)24)13(9(2)28-16)29-10(3)23/h8-9,13-14,16H,5-7H2,1-4H3,(H,20,21,25,26)/t9-,13?,14?,16-/m1/s1. The van der Waals surface area contributed by atoms with E-state index in [1.54, 1.807) is 6.92 Å². The maximum absolute atomic E-state index is 14.5. The number of hydrogen-bond donors (Lipinski definition) is 1. The van der Waals surface area contributed by atoms with Crippen molar-refractivity contribution in [1.82, 2.24) is 9.55 Å². The molecule has 12 heteroatoms. The summed E-state index contributed by atoms with van der Waals surface area (Å²) in [6.45, 7) is 5.88. The van der Waals surface area contributed by atoms with E-state index < -0.39 is 59.9 Å². The van der Waals surface area contributed by atoms with Crippen LogP contribution in [0.15, 0.2) is 11.0 Å². The number of carbonyl (C=O) groups is 3. The van der Waals surface area contributed by atoms with Crippen molar-refractivity contribution in [1.29, 1.82) is 0 Å². The highest BCUT2D eigenvalue weighted by molar-refractivity contribution is 5.83. The van der Waals surface area contributed by atoms with Crippen LogP contribution in [0, 0.1) is 5.82 Å². The first kappa shape index (κ1) is 23.3. The Morgan fingerprint density at radius 2 is 1.87 bits per heavy atom. The van der Waals surface area contributed by atoms with Crippen molar-refractivity contribution in [2.24, 2.45) is 0 Å². The van der Waals surface area contributed by atoms with Crippen LogP contribution in [-0.2, 0) is 28.5 Å². The fourth-order valence-electron chi connectivity index (χ4n) is 2.86. The molecular formula is C18H24FN3O8. The second-order valence-corrected chi connectivity index (χ2v) is 6.62. The molecule has 0 radical (unpaired) electrons. The summed E-state index contributed by atoms with van der Waals surface area (Å²) in [6, 6.07) is 0. The number of hydrogen-bond acceptors (Lipinski definition) is 9. The van der Waals surface area contributed by atoms with Gasteiger partial charge >= 0.3 is 23.7 Å². The molecule has 1 aliphatic heterocycles. The molecule has 1 aliphatic rings. The molecule has 1 aromatic heterocycles. The van der Waals surface area contributed by atoms with Crippen molar-refractivity contribution in [2.45, 2.75) is 65.1 Å². The molecule has 11 nitrogen and oxygen atoms in total. The van der Waals surface area contributed by atoms with Gasteiger partial charge in [-0.3, -0.25) is 19.5 Å². The molecule has 2 rings (SSSR count). The molecule has 0 aromatic carbocycles. The normalized spacial score (nSPS) is 23.0. The Morgan fingerprint density at radius 1 is 1.23 bits per heavy atom. The lowest BCUT2D eigenvalue weighted by atomic mass is 10.1. The summed E-state index contributed by atoms with van der Waals surface area (Å²) in [5, 5.41) is 2.06. The lowest BCUT2D eigenvalue weighted by Gasteiger charge is -2.23. The van der Waals surface area contributed by atoms with Gasteiger partial charge in [0.2, 0.25) is 0 Å². The number of nitrogens with one attached hydrogen (secondary N) is 1. The van der Waals surface area contributed by atoms with Crippen LogP contribution in [0.2, 0.25) is 0 Å². The molecule has 0 bridgehead atoms. The molecule has 4 atom stereocenters. The molecule has 0 aliphatic carbocycles. The summed E-state index contributed by atoms with van der Waals surface area (Å²) in [4.78, 5) is 50.5. The van der Waals surface area contributed by atoms with Gasteiger partial charge in [0.1, 0.15) is 0 Å². The van der Waals surface area contributed by atoms with E-state index in [4.69, 9.17) is 18.9 Å². The van der Waals surface area contributed by atoms with E-state index in [1.165, 1.54) is 6.92 Å². The van der Waals surface area contributed by atoms with Crippen LogP contribution in [0.3, 0.4) is 0 Å². The second kappa shape index (κ2) is 10.1. The molecule has 30 heavy (non-hydrogen) atoms. The lowest BCUT2D eigenvalue weighted by molar-refractivity contribution is -0.165. The molecular weight excluding hydrogens is 405 g/mol. The summed E-state index contributed by atoms with van der Waals surface area (Å²) in [6.07, 6.45) is -3.06. The van der Waals surface area contributed by atoms with Gasteiger partial charge < -0.3 is 18.9 Å². The number of esters is 2. The van der Waals surface area contributed by atoms with Crippen molar-refractivity contribution in [2.75, 3.05) is 11.9 Å². The number of aromatic nitrogens is 2. The highest BCUT2D eigenvalue weighted by Gasteiger charge is 2.48. The van der Waals surface area contributed by atoms with Crippen molar-refractivity contribution in [3.63, 3.8) is 0 Å². The molecule has 0 saturated carbocycles. The maximum atomic E-state index is 14.5. The number of rotatable bonds is 7. The Balaban J connectivity index is 2.28. The number of carbonyl (C=O) groups excluding carboxylic acids is 3. The Morgan fingerprint density at radius 3 is 2.47 bits per heavy atom. The van der Waals surface area contributed by atoms with Gasteiger partial charge in [0.15, 0.2) is 30.1 Å². The third kappa shape index (κ3) is 5.75. The molecule has 0 spiro atoms. The highest BCUT2D eigenvalue weighted by atomic mass is 19.1. The van der Waals surface area contributed by atoms with E-state index in [-0.39, 0.29) is 6.61 Å². The number of unbranched alkanes of at least 4 members (excludes halogenated alkanes) is 1. The zero-order chi connectivity index (χ0) is 22.4. The summed E-state index contributed by atoms with van der Waals surface area (Å²) in [7, 11) is 0. The molecule has 2 unspecified atom stereocenters. The van der Waals surface area contributed by atoms with Gasteiger partial charge in [-0.25, -0.2) is 14.0 Å². The SMILES string of the molecule is CCCCOC(=O)Nc1nc(=O)n([C@@H]2O[C@H](C)C(OC(C)=O)C2OC(C)=O)cc1F. The second-order valence-electron chi connectivity index (χ2n) is 6.62. The van der Waals surface area contributed by atoms with E-state index >= 15 is 0 Å². The monoisotopic (exact) mass is 429 g/mol. The molecule has 1 aromatic rings. The van der Waals surface area contributed by atoms with Crippen LogP contribution < -0.4 is 11.0 Å². The topological polar surface area (TPSA) is 135 Å². The van der Waals surface area contributed by atoms with E-state index in [9.17, 15) is 23.6 Å². The van der Waals surface area contributed by atoms with Gasteiger partial charge in [-0.2, -0.15) is 4.98 Å². The van der Waals surface area contributed by atoms with Gasteiger partial charge in [0.25, 0.3) is 0 Å². The van der Waals surface area contributed by atoms with Gasteiger partial charge in [0.05, 0.1) is 18.9 Å². The average molecular weight is 429 g/mol. The summed E-state index contributed by atoms with van der Waals surface area (Å²) >= 11 is 0. The van der Waals surface area contributed by atoms with E-state index in [0.717, 1.165) is 24.1 Å². The highest BCUT2D eigenvalue weighted by Crippen LogP contribution is 2.33. The third-order valence-corrected chi connectivity index (χ3v) is 4.16. The average Bonchev–Trinajstić information content (AvgIpc) is 2.93. The molecule has 1 saturated heterocycles. The molecule has 1 amide bonds. The number of anilines is 1. The van der Waals surface area contributed by atoms with Crippen LogP contribution >= 0.6 is 0 Å². The first-order valence-electron chi connectivity index (χ1n) is 9.36. The van der Waals surface area contributed by atoms with Gasteiger partial charge in [-0.05, 0) is 13.3 Å².